The van der Waals surface area contributed by atoms with Gasteiger partial charge in [0.25, 0.3) is 5.91 Å². The average molecular weight is 412 g/mol. The standard InChI is InChI=1S/C23H28N2O5/c1-15(2)12-25-20(13-30-14-21(25)26)22(27)16-4-8-18(9-5-16)24-23(28)17-6-10-19(29-3)11-7-17/h4-11,15,20,22,27H,12-14H2,1-3H3,(H,24,28)/t20-,22-/m1/s1. The lowest BCUT2D eigenvalue weighted by molar-refractivity contribution is -0.155. The number of hydrogen-bond acceptors (Lipinski definition) is 5. The van der Waals surface area contributed by atoms with E-state index in [-0.39, 0.29) is 30.9 Å². The molecule has 7 heteroatoms. The van der Waals surface area contributed by atoms with Crippen LogP contribution in [0.3, 0.4) is 0 Å². The number of methoxy groups -OCH3 is 1. The monoisotopic (exact) mass is 412 g/mol. The summed E-state index contributed by atoms with van der Waals surface area (Å²) in [5, 5.41) is 13.7. The third kappa shape index (κ3) is 5.17. The number of morpholine rings is 1. The number of aliphatic hydroxyl groups is 1. The Morgan fingerprint density at radius 3 is 2.47 bits per heavy atom. The maximum Gasteiger partial charge on any atom is 0.255 e. The molecule has 0 saturated carbocycles. The van der Waals surface area contributed by atoms with Gasteiger partial charge in [-0.05, 0) is 47.9 Å². The highest BCUT2D eigenvalue weighted by Crippen LogP contribution is 2.26. The Hall–Kier alpha value is -2.90. The van der Waals surface area contributed by atoms with Crippen molar-refractivity contribution in [2.24, 2.45) is 5.92 Å². The second-order valence-electron chi connectivity index (χ2n) is 7.77. The molecule has 0 aromatic heterocycles. The van der Waals surface area contributed by atoms with Crippen LogP contribution < -0.4 is 10.1 Å². The smallest absolute Gasteiger partial charge is 0.255 e. The van der Waals surface area contributed by atoms with Crippen molar-refractivity contribution < 1.29 is 24.2 Å². The molecular weight excluding hydrogens is 384 g/mol. The van der Waals surface area contributed by atoms with Crippen molar-refractivity contribution in [2.75, 3.05) is 32.2 Å². The number of carbonyl (C=O) groups excluding carboxylic acids is 2. The summed E-state index contributed by atoms with van der Waals surface area (Å²) in [4.78, 5) is 26.4. The van der Waals surface area contributed by atoms with Gasteiger partial charge >= 0.3 is 0 Å². The zero-order chi connectivity index (χ0) is 21.7. The van der Waals surface area contributed by atoms with Crippen LogP contribution in [0.1, 0.15) is 35.9 Å². The molecule has 0 radical (unpaired) electrons. The Balaban J connectivity index is 1.67. The molecule has 2 N–H and O–H groups in total. The minimum Gasteiger partial charge on any atom is -0.497 e. The summed E-state index contributed by atoms with van der Waals surface area (Å²) in [6.07, 6.45) is -0.876. The number of rotatable bonds is 7. The van der Waals surface area contributed by atoms with Crippen molar-refractivity contribution in [1.29, 1.82) is 0 Å². The predicted octanol–water partition coefficient (Wildman–Crippen LogP) is 2.86. The molecular formula is C23H28N2O5. The number of anilines is 1. The number of hydrogen-bond donors (Lipinski definition) is 2. The van der Waals surface area contributed by atoms with Crippen LogP contribution in [-0.2, 0) is 9.53 Å². The zero-order valence-corrected chi connectivity index (χ0v) is 17.5. The van der Waals surface area contributed by atoms with Crippen molar-refractivity contribution in [3.8, 4) is 5.75 Å². The molecule has 0 unspecified atom stereocenters. The Bertz CT molecular complexity index is 864. The normalized spacial score (nSPS) is 17.7. The van der Waals surface area contributed by atoms with Gasteiger partial charge in [-0.15, -0.1) is 0 Å². The predicted molar refractivity (Wildman–Crippen MR) is 114 cm³/mol. The molecule has 1 saturated heterocycles. The summed E-state index contributed by atoms with van der Waals surface area (Å²) in [6, 6.07) is 13.4. The number of nitrogens with zero attached hydrogens (tertiary/aromatic N) is 1. The Morgan fingerprint density at radius 1 is 1.20 bits per heavy atom. The minimum atomic E-state index is -0.876. The van der Waals surface area contributed by atoms with Crippen LogP contribution in [0.4, 0.5) is 5.69 Å². The van der Waals surface area contributed by atoms with E-state index in [2.05, 4.69) is 5.32 Å². The third-order valence-corrected chi connectivity index (χ3v) is 5.02. The zero-order valence-electron chi connectivity index (χ0n) is 17.5. The van der Waals surface area contributed by atoms with Crippen molar-refractivity contribution >= 4 is 17.5 Å². The van der Waals surface area contributed by atoms with Crippen LogP contribution in [0.5, 0.6) is 5.75 Å². The number of aliphatic hydroxyl groups excluding tert-OH is 1. The van der Waals surface area contributed by atoms with Crippen LogP contribution in [0.25, 0.3) is 0 Å². The lowest BCUT2D eigenvalue weighted by Gasteiger charge is -2.39. The van der Waals surface area contributed by atoms with Gasteiger partial charge in [-0.25, -0.2) is 0 Å². The molecule has 160 valence electrons. The van der Waals surface area contributed by atoms with Gasteiger partial charge in [0.05, 0.1) is 19.8 Å². The summed E-state index contributed by atoms with van der Waals surface area (Å²) < 4.78 is 10.5. The van der Waals surface area contributed by atoms with E-state index in [1.165, 1.54) is 0 Å². The second-order valence-corrected chi connectivity index (χ2v) is 7.77. The fourth-order valence-corrected chi connectivity index (χ4v) is 3.45. The van der Waals surface area contributed by atoms with Crippen LogP contribution in [0.2, 0.25) is 0 Å². The van der Waals surface area contributed by atoms with Gasteiger partial charge in [0.15, 0.2) is 0 Å². The van der Waals surface area contributed by atoms with E-state index >= 15 is 0 Å². The van der Waals surface area contributed by atoms with Crippen LogP contribution in [0.15, 0.2) is 48.5 Å². The van der Waals surface area contributed by atoms with E-state index in [0.717, 1.165) is 0 Å². The Kier molecular flexibility index (Phi) is 7.07. The van der Waals surface area contributed by atoms with Crippen LogP contribution >= 0.6 is 0 Å². The van der Waals surface area contributed by atoms with Gasteiger partial charge in [0, 0.05) is 17.8 Å². The molecule has 2 aromatic carbocycles. The number of amides is 2. The second kappa shape index (κ2) is 9.73. The molecule has 30 heavy (non-hydrogen) atoms. The Morgan fingerprint density at radius 2 is 1.87 bits per heavy atom. The first-order chi connectivity index (χ1) is 14.4. The van der Waals surface area contributed by atoms with E-state index in [4.69, 9.17) is 9.47 Å². The van der Waals surface area contributed by atoms with Crippen molar-refractivity contribution in [3.05, 3.63) is 59.7 Å². The van der Waals surface area contributed by atoms with E-state index in [9.17, 15) is 14.7 Å². The summed E-state index contributed by atoms with van der Waals surface area (Å²) in [5.74, 6) is 0.626. The van der Waals surface area contributed by atoms with Crippen molar-refractivity contribution in [3.63, 3.8) is 0 Å². The number of carbonyl (C=O) groups is 2. The highest BCUT2D eigenvalue weighted by molar-refractivity contribution is 6.04. The molecule has 1 aliphatic rings. The molecule has 7 nitrogen and oxygen atoms in total. The van der Waals surface area contributed by atoms with Crippen LogP contribution in [-0.4, -0.2) is 54.7 Å². The first-order valence-electron chi connectivity index (χ1n) is 9.99. The van der Waals surface area contributed by atoms with E-state index in [0.29, 0.717) is 29.1 Å². The van der Waals surface area contributed by atoms with E-state index in [1.807, 2.05) is 13.8 Å². The topological polar surface area (TPSA) is 88.1 Å². The largest absolute Gasteiger partial charge is 0.497 e. The summed E-state index contributed by atoms with van der Waals surface area (Å²) in [5.41, 5.74) is 1.79. The molecule has 1 aliphatic heterocycles. The maximum atomic E-state index is 12.4. The SMILES string of the molecule is COc1ccc(C(=O)Nc2ccc([C@@H](O)[C@H]3COCC(=O)N3CC(C)C)cc2)cc1. The molecule has 2 aromatic rings. The highest BCUT2D eigenvalue weighted by atomic mass is 16.5. The van der Waals surface area contributed by atoms with Crippen molar-refractivity contribution in [2.45, 2.75) is 26.0 Å². The fourth-order valence-electron chi connectivity index (χ4n) is 3.45. The summed E-state index contributed by atoms with van der Waals surface area (Å²) in [7, 11) is 1.57. The van der Waals surface area contributed by atoms with Crippen LogP contribution in [0, 0.1) is 5.92 Å². The maximum absolute atomic E-state index is 12.4. The van der Waals surface area contributed by atoms with Gasteiger partial charge in [-0.1, -0.05) is 26.0 Å². The number of benzene rings is 2. The number of ether oxygens (including phenoxy) is 2. The molecule has 2 atom stereocenters. The third-order valence-electron chi connectivity index (χ3n) is 5.02. The first-order valence-corrected chi connectivity index (χ1v) is 9.99. The molecule has 3 rings (SSSR count). The summed E-state index contributed by atoms with van der Waals surface area (Å²) in [6.45, 7) is 4.97. The lowest BCUT2D eigenvalue weighted by atomic mass is 9.99. The van der Waals surface area contributed by atoms with E-state index < -0.39 is 12.1 Å². The average Bonchev–Trinajstić information content (AvgIpc) is 2.75. The van der Waals surface area contributed by atoms with Gasteiger partial charge in [-0.2, -0.15) is 0 Å². The van der Waals surface area contributed by atoms with Crippen molar-refractivity contribution in [1.82, 2.24) is 4.90 Å². The van der Waals surface area contributed by atoms with Gasteiger partial charge in [0.1, 0.15) is 18.5 Å². The molecule has 2 amide bonds. The highest BCUT2D eigenvalue weighted by Gasteiger charge is 2.34. The fraction of sp³-hybridized carbons (Fsp3) is 0.391. The molecule has 1 heterocycles. The minimum absolute atomic E-state index is 0.0479. The number of nitrogens with one attached hydrogen (secondary N) is 1. The van der Waals surface area contributed by atoms with Gasteiger partial charge < -0.3 is 24.8 Å². The first kappa shape index (κ1) is 21.8. The Labute approximate surface area is 176 Å². The lowest BCUT2D eigenvalue weighted by Crippen LogP contribution is -2.53. The van der Waals surface area contributed by atoms with Gasteiger partial charge in [0.2, 0.25) is 5.91 Å². The summed E-state index contributed by atoms with van der Waals surface area (Å²) >= 11 is 0. The van der Waals surface area contributed by atoms with E-state index in [1.54, 1.807) is 60.5 Å². The molecule has 0 spiro atoms. The quantitative estimate of drug-likeness (QED) is 0.730. The van der Waals surface area contributed by atoms with Gasteiger partial charge in [-0.3, -0.25) is 9.59 Å². The molecule has 1 fully saturated rings. The molecule has 0 aliphatic carbocycles. The molecule has 0 bridgehead atoms.